The Kier molecular flexibility index (Phi) is 5.63. The minimum Gasteiger partial charge on any atom is -0.228 e. The molecule has 34 heavy (non-hydrogen) atoms. The van der Waals surface area contributed by atoms with Crippen LogP contribution in [0.25, 0.3) is 45.0 Å². The summed E-state index contributed by atoms with van der Waals surface area (Å²) in [5.41, 5.74) is 3.98. The van der Waals surface area contributed by atoms with Gasteiger partial charge >= 0.3 is 0 Å². The number of nitrogens with zero attached hydrogens (tertiary/aromatic N) is 3. The van der Waals surface area contributed by atoms with Gasteiger partial charge in [-0.15, -0.1) is 0 Å². The van der Waals surface area contributed by atoms with Crippen LogP contribution in [0, 0.1) is 23.0 Å². The van der Waals surface area contributed by atoms with E-state index < -0.39 is 11.6 Å². The molecular formula is C29H17F2N3. The highest BCUT2D eigenvalue weighted by atomic mass is 19.1. The number of rotatable bonds is 4. The molecule has 162 valence electrons. The molecular weight excluding hydrogens is 428 g/mol. The van der Waals surface area contributed by atoms with Crippen molar-refractivity contribution in [3.8, 4) is 51.1 Å². The Labute approximate surface area is 195 Å². The first-order valence-corrected chi connectivity index (χ1v) is 10.6. The zero-order valence-corrected chi connectivity index (χ0v) is 17.9. The molecule has 0 amide bonds. The van der Waals surface area contributed by atoms with Gasteiger partial charge in [0, 0.05) is 27.8 Å². The molecule has 5 heteroatoms. The van der Waals surface area contributed by atoms with Crippen molar-refractivity contribution in [2.24, 2.45) is 0 Å². The highest BCUT2D eigenvalue weighted by molar-refractivity contribution is 5.74. The molecule has 3 nitrogen and oxygen atoms in total. The van der Waals surface area contributed by atoms with Gasteiger partial charge in [-0.25, -0.2) is 18.7 Å². The van der Waals surface area contributed by atoms with E-state index in [0.29, 0.717) is 22.8 Å². The van der Waals surface area contributed by atoms with Gasteiger partial charge in [0.2, 0.25) is 0 Å². The average Bonchev–Trinajstić information content (AvgIpc) is 2.89. The number of aromatic nitrogens is 2. The molecule has 0 N–H and O–H groups in total. The Hall–Kier alpha value is -4.69. The summed E-state index contributed by atoms with van der Waals surface area (Å²) in [6, 6.07) is 31.6. The number of benzene rings is 4. The number of nitriles is 1. The van der Waals surface area contributed by atoms with Crippen LogP contribution in [0.15, 0.2) is 103 Å². The minimum absolute atomic E-state index is 0.0979. The third-order valence-corrected chi connectivity index (χ3v) is 5.48. The lowest BCUT2D eigenvalue weighted by Gasteiger charge is -2.11. The molecule has 0 atom stereocenters. The molecule has 0 radical (unpaired) electrons. The van der Waals surface area contributed by atoms with Gasteiger partial charge in [-0.1, -0.05) is 78.9 Å². The second-order valence-corrected chi connectivity index (χ2v) is 7.70. The van der Waals surface area contributed by atoms with Crippen molar-refractivity contribution in [2.45, 2.75) is 0 Å². The molecule has 0 unspecified atom stereocenters. The van der Waals surface area contributed by atoms with E-state index in [1.165, 1.54) is 24.3 Å². The summed E-state index contributed by atoms with van der Waals surface area (Å²) in [5.74, 6) is -0.702. The van der Waals surface area contributed by atoms with Crippen LogP contribution in [-0.2, 0) is 0 Å². The summed E-state index contributed by atoms with van der Waals surface area (Å²) < 4.78 is 29.6. The first kappa shape index (κ1) is 21.2. The molecule has 0 bridgehead atoms. The van der Waals surface area contributed by atoms with E-state index >= 15 is 4.39 Å². The lowest BCUT2D eigenvalue weighted by Crippen LogP contribution is -1.97. The summed E-state index contributed by atoms with van der Waals surface area (Å²) in [6.45, 7) is 0. The van der Waals surface area contributed by atoms with Gasteiger partial charge in [-0.05, 0) is 24.3 Å². The maximum atomic E-state index is 15.2. The van der Waals surface area contributed by atoms with Crippen LogP contribution in [0.1, 0.15) is 5.56 Å². The first-order chi connectivity index (χ1) is 16.6. The van der Waals surface area contributed by atoms with Crippen LogP contribution in [0.5, 0.6) is 0 Å². The average molecular weight is 445 g/mol. The Bertz CT molecular complexity index is 1470. The van der Waals surface area contributed by atoms with Crippen LogP contribution in [-0.4, -0.2) is 9.97 Å². The molecule has 4 aromatic carbocycles. The monoisotopic (exact) mass is 445 g/mol. The lowest BCUT2D eigenvalue weighted by molar-refractivity contribution is 0.616. The number of halogens is 2. The summed E-state index contributed by atoms with van der Waals surface area (Å²) in [5, 5.41) is 8.95. The molecule has 1 heterocycles. The fourth-order valence-corrected chi connectivity index (χ4v) is 3.76. The van der Waals surface area contributed by atoms with Crippen LogP contribution in [0.2, 0.25) is 0 Å². The smallest absolute Gasteiger partial charge is 0.160 e. The van der Waals surface area contributed by atoms with E-state index in [2.05, 4.69) is 0 Å². The van der Waals surface area contributed by atoms with Crippen molar-refractivity contribution in [3.05, 3.63) is 120 Å². The van der Waals surface area contributed by atoms with Crippen molar-refractivity contribution >= 4 is 0 Å². The Morgan fingerprint density at radius 1 is 0.559 bits per heavy atom. The normalized spacial score (nSPS) is 10.6. The van der Waals surface area contributed by atoms with E-state index in [9.17, 15) is 4.39 Å². The molecule has 0 fully saturated rings. The third kappa shape index (κ3) is 4.17. The van der Waals surface area contributed by atoms with Gasteiger partial charge in [0.1, 0.15) is 11.6 Å². The van der Waals surface area contributed by atoms with Crippen molar-refractivity contribution in [1.29, 1.82) is 5.26 Å². The summed E-state index contributed by atoms with van der Waals surface area (Å²) in [4.78, 5) is 9.43. The van der Waals surface area contributed by atoms with Crippen LogP contribution < -0.4 is 0 Å². The van der Waals surface area contributed by atoms with Crippen molar-refractivity contribution in [3.63, 3.8) is 0 Å². The first-order valence-electron chi connectivity index (χ1n) is 10.6. The van der Waals surface area contributed by atoms with E-state index in [1.807, 2.05) is 72.8 Å². The van der Waals surface area contributed by atoms with E-state index in [0.717, 1.165) is 17.2 Å². The van der Waals surface area contributed by atoms with Gasteiger partial charge < -0.3 is 0 Å². The zero-order valence-electron chi connectivity index (χ0n) is 17.9. The molecule has 0 aliphatic carbocycles. The second kappa shape index (κ2) is 9.05. The SMILES string of the molecule is N#Cc1ccc(-c2ccc(-c3cc(-c4ccccc4)nc(-c4ccccc4)n3)cc2F)c(F)c1. The molecule has 0 spiro atoms. The van der Waals surface area contributed by atoms with Gasteiger partial charge in [-0.3, -0.25) is 0 Å². The fraction of sp³-hybridized carbons (Fsp3) is 0. The van der Waals surface area contributed by atoms with E-state index in [-0.39, 0.29) is 16.7 Å². The Morgan fingerprint density at radius 3 is 1.71 bits per heavy atom. The fourth-order valence-electron chi connectivity index (χ4n) is 3.76. The third-order valence-electron chi connectivity index (χ3n) is 5.48. The topological polar surface area (TPSA) is 49.6 Å². The molecule has 0 aliphatic rings. The summed E-state index contributed by atoms with van der Waals surface area (Å²) in [6.07, 6.45) is 0. The van der Waals surface area contributed by atoms with Crippen LogP contribution in [0.4, 0.5) is 8.78 Å². The summed E-state index contributed by atoms with van der Waals surface area (Å²) in [7, 11) is 0. The second-order valence-electron chi connectivity index (χ2n) is 7.70. The van der Waals surface area contributed by atoms with Gasteiger partial charge in [0.15, 0.2) is 5.82 Å². The molecule has 5 rings (SSSR count). The molecule has 0 saturated heterocycles. The quantitative estimate of drug-likeness (QED) is 0.292. The predicted molar refractivity (Wildman–Crippen MR) is 128 cm³/mol. The van der Waals surface area contributed by atoms with Crippen molar-refractivity contribution < 1.29 is 8.78 Å². The zero-order chi connectivity index (χ0) is 23.5. The molecule has 5 aromatic rings. The van der Waals surface area contributed by atoms with Gasteiger partial charge in [-0.2, -0.15) is 5.26 Å². The Morgan fingerprint density at radius 2 is 1.12 bits per heavy atom. The van der Waals surface area contributed by atoms with Crippen molar-refractivity contribution in [2.75, 3.05) is 0 Å². The van der Waals surface area contributed by atoms with E-state index in [1.54, 1.807) is 6.07 Å². The predicted octanol–water partition coefficient (Wildman–Crippen LogP) is 7.29. The standard InChI is InChI=1S/C29H17F2N3/c30-25-15-19(18-32)11-13-23(25)24-14-12-22(16-26(24)31)28-17-27(20-7-3-1-4-8-20)33-29(34-28)21-9-5-2-6-10-21/h1-17H. The van der Waals surface area contributed by atoms with Crippen LogP contribution >= 0.6 is 0 Å². The Balaban J connectivity index is 1.62. The maximum Gasteiger partial charge on any atom is 0.160 e. The highest BCUT2D eigenvalue weighted by Gasteiger charge is 2.15. The lowest BCUT2D eigenvalue weighted by atomic mass is 9.99. The summed E-state index contributed by atoms with van der Waals surface area (Å²) >= 11 is 0. The largest absolute Gasteiger partial charge is 0.228 e. The van der Waals surface area contributed by atoms with Gasteiger partial charge in [0.05, 0.1) is 23.0 Å². The molecule has 0 saturated carbocycles. The number of hydrogen-bond donors (Lipinski definition) is 0. The van der Waals surface area contributed by atoms with Gasteiger partial charge in [0.25, 0.3) is 0 Å². The maximum absolute atomic E-state index is 15.2. The van der Waals surface area contributed by atoms with Crippen molar-refractivity contribution in [1.82, 2.24) is 9.97 Å². The molecule has 0 aliphatic heterocycles. The minimum atomic E-state index is -0.648. The molecule has 1 aromatic heterocycles. The number of hydrogen-bond acceptors (Lipinski definition) is 3. The van der Waals surface area contributed by atoms with E-state index in [4.69, 9.17) is 15.2 Å². The highest BCUT2D eigenvalue weighted by Crippen LogP contribution is 2.32. The van der Waals surface area contributed by atoms with Crippen LogP contribution in [0.3, 0.4) is 0 Å².